The van der Waals surface area contributed by atoms with E-state index >= 15 is 0 Å². The summed E-state index contributed by atoms with van der Waals surface area (Å²) >= 11 is 0. The average molecular weight is 429 g/mol. The van der Waals surface area contributed by atoms with E-state index in [1.165, 1.54) is 22.1 Å². The molecule has 0 bridgehead atoms. The normalized spacial score (nSPS) is 15.3. The lowest BCUT2D eigenvalue weighted by molar-refractivity contribution is 0.642. The van der Waals surface area contributed by atoms with Crippen LogP contribution in [0.4, 0.5) is 5.69 Å². The van der Waals surface area contributed by atoms with Gasteiger partial charge in [-0.3, -0.25) is 4.98 Å². The predicted molar refractivity (Wildman–Crippen MR) is 141 cm³/mol. The third-order valence-corrected chi connectivity index (χ3v) is 7.08. The Kier molecular flexibility index (Phi) is 5.19. The van der Waals surface area contributed by atoms with Gasteiger partial charge in [0.05, 0.1) is 21.4 Å². The van der Waals surface area contributed by atoms with Crippen LogP contribution in [0.3, 0.4) is 0 Å². The highest BCUT2D eigenvalue weighted by Crippen LogP contribution is 2.40. The number of nitrogens with one attached hydrogen (secondary N) is 1. The van der Waals surface area contributed by atoms with Crippen molar-refractivity contribution >= 4 is 32.3 Å². The van der Waals surface area contributed by atoms with Gasteiger partial charge in [0.2, 0.25) is 0 Å². The number of benzene rings is 2. The second-order valence-electron chi connectivity index (χ2n) is 9.77. The van der Waals surface area contributed by atoms with Crippen LogP contribution in [0.5, 0.6) is 0 Å². The first-order valence-electron chi connectivity index (χ1n) is 11.7. The molecule has 1 aliphatic heterocycles. The fourth-order valence-electron chi connectivity index (χ4n) is 5.31. The predicted octanol–water partition coefficient (Wildman–Crippen LogP) is 5.79. The van der Waals surface area contributed by atoms with Crippen LogP contribution in [0, 0.1) is 20.8 Å². The first-order chi connectivity index (χ1) is 15.7. The highest BCUT2D eigenvalue weighted by atomic mass is 15.2. The minimum atomic E-state index is -1.13. The Morgan fingerprint density at radius 1 is 1.00 bits per heavy atom. The zero-order chi connectivity index (χ0) is 23.5. The fraction of sp³-hybridized carbons (Fsp3) is 0.321. The molecule has 162 valence electrons. The number of H-pyrrole nitrogens is 1. The minimum Gasteiger partial charge on any atom is -0.378 e. The molecule has 0 fully saturated rings. The molecular weight excluding hydrogens is 400 g/mol. The molecule has 0 amide bonds. The number of fused-ring (bicyclic) bond motifs is 2. The van der Waals surface area contributed by atoms with Crippen molar-refractivity contribution in [2.75, 3.05) is 11.4 Å². The van der Waals surface area contributed by atoms with Crippen molar-refractivity contribution in [3.63, 3.8) is 0 Å². The highest BCUT2D eigenvalue weighted by molar-refractivity contribution is 6.42. The molecule has 3 nitrogen and oxygen atoms in total. The van der Waals surface area contributed by atoms with Crippen LogP contribution in [0.15, 0.2) is 48.7 Å². The average Bonchev–Trinajstić information content (AvgIpc) is 3.15. The fourth-order valence-corrected chi connectivity index (χ4v) is 5.31. The number of nitrogens with zero attached hydrogens (tertiary/aromatic N) is 2. The van der Waals surface area contributed by atoms with E-state index < -0.39 is 5.34 Å². The summed E-state index contributed by atoms with van der Waals surface area (Å²) in [5.74, 6) is 0.442. The minimum absolute atomic E-state index is 0.442. The Labute approximate surface area is 199 Å². The van der Waals surface area contributed by atoms with Crippen molar-refractivity contribution in [3.8, 4) is 11.3 Å². The van der Waals surface area contributed by atoms with Crippen molar-refractivity contribution in [1.29, 1.82) is 0 Å². The van der Waals surface area contributed by atoms with Crippen LogP contribution in [0.25, 0.3) is 22.2 Å². The van der Waals surface area contributed by atoms with Crippen molar-refractivity contribution in [2.45, 2.75) is 52.3 Å². The summed E-state index contributed by atoms with van der Waals surface area (Å²) in [6.07, 6.45) is 2.85. The summed E-state index contributed by atoms with van der Waals surface area (Å²) in [7, 11) is 13.8. The van der Waals surface area contributed by atoms with E-state index in [-0.39, 0.29) is 0 Å². The topological polar surface area (TPSA) is 31.9 Å². The smallest absolute Gasteiger partial charge is 0.0966 e. The second kappa shape index (κ2) is 7.83. The zero-order valence-electron chi connectivity index (χ0n) is 20.2. The first-order valence-corrected chi connectivity index (χ1v) is 11.7. The summed E-state index contributed by atoms with van der Waals surface area (Å²) in [5.41, 5.74) is 11.0. The molecule has 4 aromatic rings. The van der Waals surface area contributed by atoms with Crippen molar-refractivity contribution in [1.82, 2.24) is 9.97 Å². The van der Waals surface area contributed by atoms with E-state index in [2.05, 4.69) is 93.2 Å². The lowest BCUT2D eigenvalue weighted by Gasteiger charge is -2.48. The van der Waals surface area contributed by atoms with Gasteiger partial charge in [0, 0.05) is 47.0 Å². The SMILES string of the molecule is [B]C1([B])c2c(C)cc(-c3cccc4[nH]cc(C)c34)nc2CCN1c1cc(C(C)C)ccc1C. The molecular formula is C28H29B2N3. The van der Waals surface area contributed by atoms with Gasteiger partial charge in [-0.15, -0.1) is 0 Å². The van der Waals surface area contributed by atoms with E-state index in [9.17, 15) is 0 Å². The summed E-state index contributed by atoms with van der Waals surface area (Å²) < 4.78 is 0. The number of pyridine rings is 1. The lowest BCUT2D eigenvalue weighted by atomic mass is 9.54. The summed E-state index contributed by atoms with van der Waals surface area (Å²) in [6, 6.07) is 15.1. The van der Waals surface area contributed by atoms with Crippen LogP contribution in [-0.2, 0) is 11.8 Å². The number of hydrogen-bond donors (Lipinski definition) is 1. The van der Waals surface area contributed by atoms with Crippen LogP contribution in [0.1, 0.15) is 53.3 Å². The Morgan fingerprint density at radius 3 is 2.55 bits per heavy atom. The third-order valence-electron chi connectivity index (χ3n) is 7.08. The molecule has 0 saturated heterocycles. The molecule has 5 rings (SSSR count). The Balaban J connectivity index is 1.62. The standard InChI is InChI=1S/C28H29B2N3/c1-16(2)20-10-9-17(3)25(14-20)33-12-11-23-27(28(33,29)30)18(4)13-24(32-23)21-7-6-8-22-26(21)19(5)15-31-22/h6-10,13-16,31H,11-12H2,1-5H3. The molecule has 0 spiro atoms. The first kappa shape index (κ1) is 21.9. The largest absolute Gasteiger partial charge is 0.378 e. The van der Waals surface area contributed by atoms with Gasteiger partial charge in [-0.25, -0.2) is 0 Å². The van der Waals surface area contributed by atoms with Gasteiger partial charge < -0.3 is 9.88 Å². The highest BCUT2D eigenvalue weighted by Gasteiger charge is 2.36. The molecule has 0 atom stereocenters. The van der Waals surface area contributed by atoms with Gasteiger partial charge in [0.25, 0.3) is 0 Å². The summed E-state index contributed by atoms with van der Waals surface area (Å²) in [5, 5.41) is 0.0919. The van der Waals surface area contributed by atoms with E-state index in [1.54, 1.807) is 0 Å². The van der Waals surface area contributed by atoms with Gasteiger partial charge in [-0.05, 0) is 78.0 Å². The van der Waals surface area contributed by atoms with E-state index in [0.29, 0.717) is 5.92 Å². The van der Waals surface area contributed by atoms with Gasteiger partial charge in [-0.2, -0.15) is 0 Å². The van der Waals surface area contributed by atoms with Crippen molar-refractivity contribution in [3.05, 3.63) is 82.2 Å². The molecule has 1 aliphatic rings. The Hall–Kier alpha value is -2.94. The molecule has 33 heavy (non-hydrogen) atoms. The monoisotopic (exact) mass is 429 g/mol. The van der Waals surface area contributed by atoms with E-state index in [0.717, 1.165) is 52.2 Å². The van der Waals surface area contributed by atoms with Gasteiger partial charge in [0.1, 0.15) is 0 Å². The zero-order valence-corrected chi connectivity index (χ0v) is 20.2. The molecule has 4 radical (unpaired) electrons. The molecule has 2 aromatic heterocycles. The number of anilines is 1. The molecule has 0 unspecified atom stereocenters. The molecule has 0 aliphatic carbocycles. The number of rotatable bonds is 3. The molecule has 2 aromatic carbocycles. The number of aromatic nitrogens is 2. The summed E-state index contributed by atoms with van der Waals surface area (Å²) in [4.78, 5) is 10.6. The van der Waals surface area contributed by atoms with Gasteiger partial charge in [-0.1, -0.05) is 38.1 Å². The van der Waals surface area contributed by atoms with E-state index in [1.807, 2.05) is 0 Å². The Morgan fingerprint density at radius 2 is 1.79 bits per heavy atom. The van der Waals surface area contributed by atoms with Crippen LogP contribution in [0.2, 0.25) is 0 Å². The quantitative estimate of drug-likeness (QED) is 0.419. The summed E-state index contributed by atoms with van der Waals surface area (Å²) in [6.45, 7) is 11.5. The van der Waals surface area contributed by atoms with Crippen LogP contribution in [-0.4, -0.2) is 32.2 Å². The van der Waals surface area contributed by atoms with Crippen LogP contribution < -0.4 is 4.90 Å². The maximum Gasteiger partial charge on any atom is 0.0966 e. The molecule has 5 heteroatoms. The molecule has 1 N–H and O–H groups in total. The number of aryl methyl sites for hydroxylation is 3. The maximum atomic E-state index is 6.91. The van der Waals surface area contributed by atoms with E-state index in [4.69, 9.17) is 20.7 Å². The maximum absolute atomic E-state index is 6.91. The molecule has 3 heterocycles. The van der Waals surface area contributed by atoms with Crippen LogP contribution >= 0.6 is 0 Å². The lowest BCUT2D eigenvalue weighted by Crippen LogP contribution is -2.53. The Bertz CT molecular complexity index is 1370. The van der Waals surface area contributed by atoms with Crippen molar-refractivity contribution in [2.24, 2.45) is 0 Å². The number of hydrogen-bond acceptors (Lipinski definition) is 2. The third kappa shape index (κ3) is 3.49. The molecule has 0 saturated carbocycles. The number of aromatic amines is 1. The second-order valence-corrected chi connectivity index (χ2v) is 9.77. The van der Waals surface area contributed by atoms with Gasteiger partial charge >= 0.3 is 0 Å². The van der Waals surface area contributed by atoms with Gasteiger partial charge in [0.15, 0.2) is 0 Å². The van der Waals surface area contributed by atoms with Crippen molar-refractivity contribution < 1.29 is 0 Å².